The zero-order valence-corrected chi connectivity index (χ0v) is 13.8. The van der Waals surface area contributed by atoms with Gasteiger partial charge in [-0.3, -0.25) is 0 Å². The Hall–Kier alpha value is -3.28. The second kappa shape index (κ2) is 7.09. The van der Waals surface area contributed by atoms with E-state index < -0.39 is 11.6 Å². The van der Waals surface area contributed by atoms with E-state index in [1.54, 1.807) is 12.1 Å². The molecule has 0 amide bonds. The summed E-state index contributed by atoms with van der Waals surface area (Å²) < 4.78 is 20.8. The van der Waals surface area contributed by atoms with Crippen LogP contribution < -0.4 is 15.1 Å². The van der Waals surface area contributed by atoms with Gasteiger partial charge in [0.2, 0.25) is 0 Å². The molecule has 0 saturated heterocycles. The van der Waals surface area contributed by atoms with E-state index in [9.17, 15) is 9.59 Å². The number of benzene rings is 2. The van der Waals surface area contributed by atoms with Gasteiger partial charge in [-0.25, -0.2) is 9.59 Å². The van der Waals surface area contributed by atoms with E-state index >= 15 is 0 Å². The zero-order valence-electron chi connectivity index (χ0n) is 13.8. The molecule has 1 heterocycles. The first-order chi connectivity index (χ1) is 12.1. The largest absolute Gasteiger partial charge is 0.496 e. The topological polar surface area (TPSA) is 75.0 Å². The molecular formula is C19H16O6. The Labute approximate surface area is 143 Å². The number of esters is 1. The highest BCUT2D eigenvalue weighted by Gasteiger charge is 2.18. The van der Waals surface area contributed by atoms with Gasteiger partial charge < -0.3 is 18.6 Å². The van der Waals surface area contributed by atoms with Crippen LogP contribution in [0.4, 0.5) is 0 Å². The summed E-state index contributed by atoms with van der Waals surface area (Å²) in [6, 6.07) is 13.8. The van der Waals surface area contributed by atoms with E-state index in [0.717, 1.165) is 5.56 Å². The minimum absolute atomic E-state index is 0.0664. The summed E-state index contributed by atoms with van der Waals surface area (Å²) in [6.07, 6.45) is 0. The number of ether oxygens (including phenoxy) is 3. The highest BCUT2D eigenvalue weighted by atomic mass is 16.5. The van der Waals surface area contributed by atoms with Crippen LogP contribution in [0.2, 0.25) is 0 Å². The Balaban J connectivity index is 1.94. The molecule has 25 heavy (non-hydrogen) atoms. The minimum atomic E-state index is -0.777. The number of carbonyl (C=O) groups is 1. The Morgan fingerprint density at radius 2 is 1.80 bits per heavy atom. The van der Waals surface area contributed by atoms with Gasteiger partial charge in [-0.2, -0.15) is 0 Å². The lowest BCUT2D eigenvalue weighted by molar-refractivity contribution is 0.0468. The first kappa shape index (κ1) is 16.6. The van der Waals surface area contributed by atoms with Gasteiger partial charge in [0.05, 0.1) is 19.6 Å². The van der Waals surface area contributed by atoms with E-state index in [2.05, 4.69) is 0 Å². The lowest BCUT2D eigenvalue weighted by Crippen LogP contribution is -2.16. The summed E-state index contributed by atoms with van der Waals surface area (Å²) in [5.74, 6) is 0.152. The maximum atomic E-state index is 12.3. The van der Waals surface area contributed by atoms with Crippen molar-refractivity contribution in [2.24, 2.45) is 0 Å². The third-order valence-corrected chi connectivity index (χ3v) is 3.68. The number of hydrogen-bond acceptors (Lipinski definition) is 6. The number of rotatable bonds is 5. The molecule has 0 aliphatic carbocycles. The van der Waals surface area contributed by atoms with Crippen LogP contribution in [0.15, 0.2) is 57.7 Å². The maximum Gasteiger partial charge on any atom is 0.351 e. The lowest BCUT2D eigenvalue weighted by Gasteiger charge is -2.09. The summed E-state index contributed by atoms with van der Waals surface area (Å²) in [5, 5.41) is 0.481. The van der Waals surface area contributed by atoms with E-state index in [1.807, 2.05) is 30.3 Å². The molecule has 0 aliphatic rings. The van der Waals surface area contributed by atoms with Crippen LogP contribution in [0.1, 0.15) is 15.9 Å². The Morgan fingerprint density at radius 3 is 2.48 bits per heavy atom. The number of methoxy groups -OCH3 is 2. The van der Waals surface area contributed by atoms with Crippen molar-refractivity contribution in [1.82, 2.24) is 0 Å². The van der Waals surface area contributed by atoms with Crippen LogP contribution in [-0.2, 0) is 11.3 Å². The van der Waals surface area contributed by atoms with Crippen molar-refractivity contribution >= 4 is 16.9 Å². The monoisotopic (exact) mass is 340 g/mol. The Morgan fingerprint density at radius 1 is 1.04 bits per heavy atom. The van der Waals surface area contributed by atoms with Crippen LogP contribution >= 0.6 is 0 Å². The molecule has 2 aromatic carbocycles. The molecule has 6 nitrogen and oxygen atoms in total. The summed E-state index contributed by atoms with van der Waals surface area (Å²) >= 11 is 0. The smallest absolute Gasteiger partial charge is 0.351 e. The predicted octanol–water partition coefficient (Wildman–Crippen LogP) is 3.17. The molecular weight excluding hydrogens is 324 g/mol. The molecule has 0 unspecified atom stereocenters. The molecule has 0 radical (unpaired) electrons. The Kier molecular flexibility index (Phi) is 4.70. The molecule has 6 heteroatoms. The van der Waals surface area contributed by atoms with E-state index in [-0.39, 0.29) is 17.8 Å². The van der Waals surface area contributed by atoms with Gasteiger partial charge >= 0.3 is 11.6 Å². The van der Waals surface area contributed by atoms with Gasteiger partial charge in [-0.05, 0) is 11.6 Å². The second-order valence-corrected chi connectivity index (χ2v) is 5.25. The standard InChI is InChI=1S/C19H16O6/c1-22-13-8-16(23-2)14-10-15(19(21)25-17(14)9-13)18(20)24-11-12-6-4-3-5-7-12/h3-10H,11H2,1-2H3. The zero-order chi connectivity index (χ0) is 17.8. The van der Waals surface area contributed by atoms with Crippen molar-refractivity contribution in [2.45, 2.75) is 6.61 Å². The van der Waals surface area contributed by atoms with Gasteiger partial charge in [-0.1, -0.05) is 30.3 Å². The maximum absolute atomic E-state index is 12.3. The second-order valence-electron chi connectivity index (χ2n) is 5.25. The summed E-state index contributed by atoms with van der Waals surface area (Å²) in [7, 11) is 2.97. The molecule has 0 N–H and O–H groups in total. The molecule has 0 fully saturated rings. The normalized spacial score (nSPS) is 10.5. The van der Waals surface area contributed by atoms with Crippen LogP contribution in [0.25, 0.3) is 11.0 Å². The SMILES string of the molecule is COc1cc(OC)c2cc(C(=O)OCc3ccccc3)c(=O)oc2c1. The number of carbonyl (C=O) groups excluding carboxylic acids is 1. The first-order valence-corrected chi connectivity index (χ1v) is 7.53. The van der Waals surface area contributed by atoms with E-state index in [4.69, 9.17) is 18.6 Å². The van der Waals surface area contributed by atoms with Crippen molar-refractivity contribution in [2.75, 3.05) is 14.2 Å². The number of fused-ring (bicyclic) bond motifs is 1. The molecule has 0 bridgehead atoms. The van der Waals surface area contributed by atoms with Crippen molar-refractivity contribution in [3.8, 4) is 11.5 Å². The molecule has 0 spiro atoms. The molecule has 0 saturated carbocycles. The lowest BCUT2D eigenvalue weighted by atomic mass is 10.1. The van der Waals surface area contributed by atoms with Crippen LogP contribution in [0.5, 0.6) is 11.5 Å². The quantitative estimate of drug-likeness (QED) is 0.525. The van der Waals surface area contributed by atoms with Crippen LogP contribution in [0.3, 0.4) is 0 Å². The minimum Gasteiger partial charge on any atom is -0.496 e. The molecule has 0 aliphatic heterocycles. The average Bonchev–Trinajstić information content (AvgIpc) is 2.65. The molecule has 128 valence electrons. The summed E-state index contributed by atoms with van der Waals surface area (Å²) in [4.78, 5) is 24.4. The fraction of sp³-hybridized carbons (Fsp3) is 0.158. The van der Waals surface area contributed by atoms with Gasteiger partial charge in [0, 0.05) is 12.1 Å². The summed E-state index contributed by atoms with van der Waals surface area (Å²) in [6.45, 7) is 0.0664. The van der Waals surface area contributed by atoms with Crippen LogP contribution in [0, 0.1) is 0 Å². The van der Waals surface area contributed by atoms with Gasteiger partial charge in [0.15, 0.2) is 0 Å². The van der Waals surface area contributed by atoms with E-state index in [0.29, 0.717) is 16.9 Å². The average molecular weight is 340 g/mol. The number of hydrogen-bond donors (Lipinski definition) is 0. The molecule has 3 aromatic rings. The highest BCUT2D eigenvalue weighted by Crippen LogP contribution is 2.30. The van der Waals surface area contributed by atoms with Crippen molar-refractivity contribution < 1.29 is 23.4 Å². The summed E-state index contributed by atoms with van der Waals surface area (Å²) in [5.41, 5.74) is 0.122. The fourth-order valence-electron chi connectivity index (χ4n) is 2.39. The predicted molar refractivity (Wildman–Crippen MR) is 91.1 cm³/mol. The van der Waals surface area contributed by atoms with E-state index in [1.165, 1.54) is 20.3 Å². The third-order valence-electron chi connectivity index (χ3n) is 3.68. The van der Waals surface area contributed by atoms with Crippen molar-refractivity contribution in [3.05, 3.63) is 70.1 Å². The Bertz CT molecular complexity index is 959. The third kappa shape index (κ3) is 3.47. The first-order valence-electron chi connectivity index (χ1n) is 7.53. The molecule has 1 aromatic heterocycles. The highest BCUT2D eigenvalue weighted by molar-refractivity contribution is 5.95. The molecule has 3 rings (SSSR count). The van der Waals surface area contributed by atoms with Crippen molar-refractivity contribution in [1.29, 1.82) is 0 Å². The van der Waals surface area contributed by atoms with Gasteiger partial charge in [0.25, 0.3) is 0 Å². The van der Waals surface area contributed by atoms with Gasteiger partial charge in [0.1, 0.15) is 29.3 Å². The fourth-order valence-corrected chi connectivity index (χ4v) is 2.39. The van der Waals surface area contributed by atoms with Gasteiger partial charge in [-0.15, -0.1) is 0 Å². The van der Waals surface area contributed by atoms with Crippen LogP contribution in [-0.4, -0.2) is 20.2 Å². The van der Waals surface area contributed by atoms with Crippen molar-refractivity contribution in [3.63, 3.8) is 0 Å². The molecule has 0 atom stereocenters.